The maximum absolute atomic E-state index is 14.0. The maximum atomic E-state index is 14.0. The first-order chi connectivity index (χ1) is 10.1. The van der Waals surface area contributed by atoms with Crippen molar-refractivity contribution < 1.29 is 8.78 Å². The van der Waals surface area contributed by atoms with Gasteiger partial charge in [-0.3, -0.25) is 0 Å². The molecule has 2 aromatic rings. The minimum atomic E-state index is -0.441. The minimum Gasteiger partial charge on any atom is -0.384 e. The average molecular weight is 291 g/mol. The molecule has 1 aromatic heterocycles. The maximum Gasteiger partial charge on any atom is 0.128 e. The first-order valence-corrected chi connectivity index (χ1v) is 6.99. The second-order valence-electron chi connectivity index (χ2n) is 4.97. The highest BCUT2D eigenvalue weighted by Gasteiger charge is 2.17. The molecule has 0 bridgehead atoms. The number of nitrogens with zero attached hydrogens (tertiary/aromatic N) is 1. The topological polar surface area (TPSA) is 50.9 Å². The SMILES string of the molecule is CCCNC(Cc1ccnc(N)c1)c1cc(F)ccc1F. The van der Waals surface area contributed by atoms with E-state index >= 15 is 0 Å². The van der Waals surface area contributed by atoms with Crippen LogP contribution in [0.25, 0.3) is 0 Å². The number of halogens is 2. The first-order valence-electron chi connectivity index (χ1n) is 6.99. The van der Waals surface area contributed by atoms with E-state index in [2.05, 4.69) is 10.3 Å². The third kappa shape index (κ3) is 4.23. The van der Waals surface area contributed by atoms with Crippen molar-refractivity contribution in [1.82, 2.24) is 10.3 Å². The molecule has 3 N–H and O–H groups in total. The largest absolute Gasteiger partial charge is 0.384 e. The fourth-order valence-electron chi connectivity index (χ4n) is 2.25. The summed E-state index contributed by atoms with van der Waals surface area (Å²) in [6.07, 6.45) is 3.04. The Balaban J connectivity index is 2.27. The van der Waals surface area contributed by atoms with E-state index in [9.17, 15) is 8.78 Å². The molecule has 0 spiro atoms. The van der Waals surface area contributed by atoms with E-state index in [4.69, 9.17) is 5.73 Å². The molecule has 5 heteroatoms. The Hall–Kier alpha value is -2.01. The molecule has 0 saturated carbocycles. The van der Waals surface area contributed by atoms with Crippen molar-refractivity contribution in [3.8, 4) is 0 Å². The van der Waals surface area contributed by atoms with Gasteiger partial charge in [-0.05, 0) is 55.3 Å². The van der Waals surface area contributed by atoms with Gasteiger partial charge >= 0.3 is 0 Å². The molecule has 2 rings (SSSR count). The van der Waals surface area contributed by atoms with Gasteiger partial charge in [-0.1, -0.05) is 6.92 Å². The van der Waals surface area contributed by atoms with Crippen LogP contribution in [0.15, 0.2) is 36.5 Å². The number of hydrogen-bond donors (Lipinski definition) is 2. The van der Waals surface area contributed by atoms with Crippen LogP contribution in [0.2, 0.25) is 0 Å². The van der Waals surface area contributed by atoms with Gasteiger partial charge in [-0.25, -0.2) is 13.8 Å². The van der Waals surface area contributed by atoms with E-state index in [1.807, 2.05) is 13.0 Å². The molecule has 21 heavy (non-hydrogen) atoms. The Bertz CT molecular complexity index is 602. The third-order valence-electron chi connectivity index (χ3n) is 3.26. The smallest absolute Gasteiger partial charge is 0.128 e. The quantitative estimate of drug-likeness (QED) is 0.859. The second kappa shape index (κ2) is 7.13. The fourth-order valence-corrected chi connectivity index (χ4v) is 2.25. The highest BCUT2D eigenvalue weighted by atomic mass is 19.1. The summed E-state index contributed by atoms with van der Waals surface area (Å²) in [5.74, 6) is -0.433. The molecule has 0 aliphatic heterocycles. The van der Waals surface area contributed by atoms with Crippen LogP contribution in [0.3, 0.4) is 0 Å². The van der Waals surface area contributed by atoms with E-state index in [0.29, 0.717) is 17.8 Å². The van der Waals surface area contributed by atoms with Gasteiger partial charge in [0.25, 0.3) is 0 Å². The zero-order chi connectivity index (χ0) is 15.2. The lowest BCUT2D eigenvalue weighted by atomic mass is 9.98. The van der Waals surface area contributed by atoms with Gasteiger partial charge in [0, 0.05) is 17.8 Å². The molecule has 1 heterocycles. The number of pyridine rings is 1. The molecule has 112 valence electrons. The highest BCUT2D eigenvalue weighted by molar-refractivity contribution is 5.33. The van der Waals surface area contributed by atoms with Crippen LogP contribution < -0.4 is 11.1 Å². The van der Waals surface area contributed by atoms with Crippen LogP contribution in [-0.4, -0.2) is 11.5 Å². The van der Waals surface area contributed by atoms with Gasteiger partial charge in [-0.2, -0.15) is 0 Å². The number of rotatable bonds is 6. The van der Waals surface area contributed by atoms with Crippen molar-refractivity contribution in [1.29, 1.82) is 0 Å². The molecule has 1 aromatic carbocycles. The van der Waals surface area contributed by atoms with E-state index in [1.54, 1.807) is 12.3 Å². The molecule has 0 aliphatic carbocycles. The van der Waals surface area contributed by atoms with Gasteiger partial charge < -0.3 is 11.1 Å². The summed E-state index contributed by atoms with van der Waals surface area (Å²) < 4.78 is 27.4. The zero-order valence-corrected chi connectivity index (χ0v) is 11.9. The number of nitrogens with one attached hydrogen (secondary N) is 1. The molecule has 0 fully saturated rings. The average Bonchev–Trinajstić information content (AvgIpc) is 2.46. The number of nitrogen functional groups attached to an aromatic ring is 1. The molecule has 0 radical (unpaired) electrons. The Kier molecular flexibility index (Phi) is 5.22. The normalized spacial score (nSPS) is 12.3. The Morgan fingerprint density at radius 3 is 2.76 bits per heavy atom. The molecule has 1 atom stereocenters. The van der Waals surface area contributed by atoms with E-state index in [1.165, 1.54) is 6.07 Å². The van der Waals surface area contributed by atoms with Crippen molar-refractivity contribution in [3.63, 3.8) is 0 Å². The number of aromatic nitrogens is 1. The molecular weight excluding hydrogens is 272 g/mol. The third-order valence-corrected chi connectivity index (χ3v) is 3.26. The number of nitrogens with two attached hydrogens (primary N) is 1. The monoisotopic (exact) mass is 291 g/mol. The predicted molar refractivity (Wildman–Crippen MR) is 79.7 cm³/mol. The van der Waals surface area contributed by atoms with Crippen LogP contribution in [-0.2, 0) is 6.42 Å². The standard InChI is InChI=1S/C16H19F2N3/c1-2-6-20-15(8-11-5-7-21-16(19)9-11)13-10-12(17)3-4-14(13)18/h3-5,7,9-10,15,20H,2,6,8H2,1H3,(H2,19,21). The molecule has 0 amide bonds. The van der Waals surface area contributed by atoms with Crippen molar-refractivity contribution in [2.75, 3.05) is 12.3 Å². The molecule has 3 nitrogen and oxygen atoms in total. The van der Waals surface area contributed by atoms with Crippen LogP contribution in [0, 0.1) is 11.6 Å². The summed E-state index contributed by atoms with van der Waals surface area (Å²) in [6.45, 7) is 2.75. The lowest BCUT2D eigenvalue weighted by molar-refractivity contribution is 0.490. The summed E-state index contributed by atoms with van der Waals surface area (Å²) in [6, 6.07) is 6.80. The second-order valence-corrected chi connectivity index (χ2v) is 4.97. The van der Waals surface area contributed by atoms with Crippen LogP contribution in [0.1, 0.15) is 30.5 Å². The van der Waals surface area contributed by atoms with E-state index < -0.39 is 11.6 Å². The number of benzene rings is 1. The first kappa shape index (κ1) is 15.4. The van der Waals surface area contributed by atoms with Crippen LogP contribution in [0.5, 0.6) is 0 Å². The highest BCUT2D eigenvalue weighted by Crippen LogP contribution is 2.23. The molecular formula is C16H19F2N3. The number of hydrogen-bond acceptors (Lipinski definition) is 3. The Morgan fingerprint density at radius 1 is 1.24 bits per heavy atom. The summed E-state index contributed by atoms with van der Waals surface area (Å²) in [7, 11) is 0. The van der Waals surface area contributed by atoms with Crippen molar-refractivity contribution in [3.05, 3.63) is 59.3 Å². The van der Waals surface area contributed by atoms with Gasteiger partial charge in [0.2, 0.25) is 0 Å². The number of anilines is 1. The fraction of sp³-hybridized carbons (Fsp3) is 0.312. The van der Waals surface area contributed by atoms with Crippen molar-refractivity contribution >= 4 is 5.82 Å². The van der Waals surface area contributed by atoms with Crippen LogP contribution >= 0.6 is 0 Å². The summed E-state index contributed by atoms with van der Waals surface area (Å²) in [5, 5.41) is 3.25. The lowest BCUT2D eigenvalue weighted by Gasteiger charge is -2.20. The van der Waals surface area contributed by atoms with Gasteiger partial charge in [0.15, 0.2) is 0 Å². The molecule has 0 saturated heterocycles. The molecule has 0 aliphatic rings. The summed E-state index contributed by atoms with van der Waals surface area (Å²) >= 11 is 0. The Labute approximate surface area is 123 Å². The van der Waals surface area contributed by atoms with E-state index in [-0.39, 0.29) is 6.04 Å². The van der Waals surface area contributed by atoms with Crippen LogP contribution in [0.4, 0.5) is 14.6 Å². The minimum absolute atomic E-state index is 0.303. The zero-order valence-electron chi connectivity index (χ0n) is 11.9. The van der Waals surface area contributed by atoms with Crippen molar-refractivity contribution in [2.24, 2.45) is 0 Å². The van der Waals surface area contributed by atoms with Gasteiger partial charge in [0.05, 0.1) is 0 Å². The van der Waals surface area contributed by atoms with Crippen molar-refractivity contribution in [2.45, 2.75) is 25.8 Å². The van der Waals surface area contributed by atoms with Gasteiger partial charge in [-0.15, -0.1) is 0 Å². The predicted octanol–water partition coefficient (Wildman–Crippen LogP) is 3.23. The summed E-state index contributed by atoms with van der Waals surface area (Å²) in [5.41, 5.74) is 6.92. The van der Waals surface area contributed by atoms with Gasteiger partial charge in [0.1, 0.15) is 17.5 Å². The summed E-state index contributed by atoms with van der Waals surface area (Å²) in [4.78, 5) is 3.94. The molecule has 1 unspecified atom stereocenters. The Morgan fingerprint density at radius 2 is 2.05 bits per heavy atom. The van der Waals surface area contributed by atoms with E-state index in [0.717, 1.165) is 30.7 Å². The lowest BCUT2D eigenvalue weighted by Crippen LogP contribution is -2.25.